The van der Waals surface area contributed by atoms with E-state index < -0.39 is 0 Å². The quantitative estimate of drug-likeness (QED) is 0.514. The molecule has 1 heterocycles. The van der Waals surface area contributed by atoms with E-state index in [1.807, 2.05) is 49.6 Å². The van der Waals surface area contributed by atoms with Crippen LogP contribution in [0.5, 0.6) is 0 Å². The maximum absolute atomic E-state index is 11.4. The molecule has 0 fully saturated rings. The summed E-state index contributed by atoms with van der Waals surface area (Å²) in [6, 6.07) is 8.11. The maximum atomic E-state index is 11.4. The average molecular weight is 202 g/mol. The molecule has 0 aliphatic heterocycles. The van der Waals surface area contributed by atoms with Gasteiger partial charge in [-0.3, -0.25) is 0 Å². The SMILES string of the molecule is Cc1ccc(-n2c[n+]([O-])c(C)c2C)cc1. The van der Waals surface area contributed by atoms with Gasteiger partial charge in [0.25, 0.3) is 6.33 Å². The molecule has 0 spiro atoms. The Morgan fingerprint density at radius 1 is 1.07 bits per heavy atom. The summed E-state index contributed by atoms with van der Waals surface area (Å²) in [6.45, 7) is 5.82. The van der Waals surface area contributed by atoms with Crippen molar-refractivity contribution in [3.63, 3.8) is 0 Å². The van der Waals surface area contributed by atoms with Gasteiger partial charge in [0.2, 0.25) is 0 Å². The largest absolute Gasteiger partial charge is 0.711 e. The Morgan fingerprint density at radius 2 is 1.67 bits per heavy atom. The van der Waals surface area contributed by atoms with E-state index in [0.29, 0.717) is 0 Å². The number of nitrogens with zero attached hydrogens (tertiary/aromatic N) is 2. The maximum Gasteiger partial charge on any atom is 0.252 e. The molecular formula is C12H14N2O. The highest BCUT2D eigenvalue weighted by Gasteiger charge is 2.13. The van der Waals surface area contributed by atoms with Gasteiger partial charge in [0.1, 0.15) is 17.1 Å². The van der Waals surface area contributed by atoms with Crippen LogP contribution in [0.15, 0.2) is 30.6 Å². The summed E-state index contributed by atoms with van der Waals surface area (Å²) < 4.78 is 2.80. The predicted octanol–water partition coefficient (Wildman–Crippen LogP) is 2.04. The lowest BCUT2D eigenvalue weighted by atomic mass is 10.2. The van der Waals surface area contributed by atoms with Crippen LogP contribution >= 0.6 is 0 Å². The molecular weight excluding hydrogens is 188 g/mol. The monoisotopic (exact) mass is 202 g/mol. The Labute approximate surface area is 89.2 Å². The number of hydrogen-bond donors (Lipinski definition) is 0. The molecule has 0 radical (unpaired) electrons. The summed E-state index contributed by atoms with van der Waals surface area (Å²) in [5.41, 5.74) is 3.97. The van der Waals surface area contributed by atoms with Gasteiger partial charge >= 0.3 is 0 Å². The molecule has 2 rings (SSSR count). The number of aryl methyl sites for hydroxylation is 1. The second-order valence-electron chi connectivity index (χ2n) is 3.82. The van der Waals surface area contributed by atoms with Gasteiger partial charge in [-0.05, 0) is 19.1 Å². The summed E-state index contributed by atoms with van der Waals surface area (Å²) >= 11 is 0. The van der Waals surface area contributed by atoms with E-state index in [1.165, 1.54) is 5.56 Å². The normalized spacial score (nSPS) is 10.6. The second-order valence-corrected chi connectivity index (χ2v) is 3.82. The first-order valence-electron chi connectivity index (χ1n) is 4.94. The van der Waals surface area contributed by atoms with Crippen LogP contribution < -0.4 is 4.73 Å². The highest BCUT2D eigenvalue weighted by atomic mass is 16.5. The Hall–Kier alpha value is -1.77. The summed E-state index contributed by atoms with van der Waals surface area (Å²) in [5, 5.41) is 11.4. The van der Waals surface area contributed by atoms with Gasteiger partial charge in [-0.15, -0.1) is 0 Å². The molecule has 2 aromatic rings. The molecule has 0 amide bonds. The Morgan fingerprint density at radius 3 is 2.13 bits per heavy atom. The molecule has 0 aliphatic carbocycles. The van der Waals surface area contributed by atoms with E-state index >= 15 is 0 Å². The van der Waals surface area contributed by atoms with Crippen molar-refractivity contribution < 1.29 is 4.73 Å². The Bertz CT molecular complexity index is 483. The average Bonchev–Trinajstić information content (AvgIpc) is 2.47. The van der Waals surface area contributed by atoms with Crippen LogP contribution in [0.2, 0.25) is 0 Å². The second kappa shape index (κ2) is 3.42. The zero-order chi connectivity index (χ0) is 11.0. The number of imidazole rings is 1. The third-order valence-electron chi connectivity index (χ3n) is 2.75. The molecule has 3 heteroatoms. The third-order valence-corrected chi connectivity index (χ3v) is 2.75. The molecule has 0 N–H and O–H groups in total. The van der Waals surface area contributed by atoms with Crippen molar-refractivity contribution in [2.24, 2.45) is 0 Å². The molecule has 0 saturated heterocycles. The minimum absolute atomic E-state index is 0.746. The van der Waals surface area contributed by atoms with Crippen LogP contribution in [-0.2, 0) is 0 Å². The summed E-state index contributed by atoms with van der Waals surface area (Å²) in [4.78, 5) is 0. The third kappa shape index (κ3) is 1.61. The minimum Gasteiger partial charge on any atom is -0.711 e. The molecule has 3 nitrogen and oxygen atoms in total. The van der Waals surface area contributed by atoms with Gasteiger partial charge < -0.3 is 5.21 Å². The molecule has 1 aromatic heterocycles. The van der Waals surface area contributed by atoms with Crippen LogP contribution in [0, 0.1) is 26.0 Å². The number of hydrogen-bond acceptors (Lipinski definition) is 1. The molecule has 1 aromatic carbocycles. The van der Waals surface area contributed by atoms with Gasteiger partial charge in [0.15, 0.2) is 0 Å². The van der Waals surface area contributed by atoms with E-state index in [-0.39, 0.29) is 0 Å². The van der Waals surface area contributed by atoms with Gasteiger partial charge in [0.05, 0.1) is 0 Å². The fourth-order valence-corrected chi connectivity index (χ4v) is 1.58. The van der Waals surface area contributed by atoms with Gasteiger partial charge in [-0.2, -0.15) is 4.57 Å². The highest BCUT2D eigenvalue weighted by Crippen LogP contribution is 2.13. The molecule has 0 atom stereocenters. The molecule has 78 valence electrons. The molecule has 15 heavy (non-hydrogen) atoms. The Kier molecular flexibility index (Phi) is 2.23. The first kappa shape index (κ1) is 9.77. The number of benzene rings is 1. The van der Waals surface area contributed by atoms with Crippen LogP contribution in [0.3, 0.4) is 0 Å². The van der Waals surface area contributed by atoms with Crippen molar-refractivity contribution in [2.75, 3.05) is 0 Å². The molecule has 0 aliphatic rings. The smallest absolute Gasteiger partial charge is 0.252 e. The van der Waals surface area contributed by atoms with E-state index in [1.54, 1.807) is 6.33 Å². The van der Waals surface area contributed by atoms with Crippen molar-refractivity contribution in [2.45, 2.75) is 20.8 Å². The lowest BCUT2D eigenvalue weighted by Crippen LogP contribution is -2.26. The van der Waals surface area contributed by atoms with Crippen LogP contribution in [0.25, 0.3) is 5.69 Å². The van der Waals surface area contributed by atoms with Gasteiger partial charge in [-0.1, -0.05) is 17.7 Å². The highest BCUT2D eigenvalue weighted by molar-refractivity contribution is 5.35. The zero-order valence-electron chi connectivity index (χ0n) is 9.19. The van der Waals surface area contributed by atoms with E-state index in [0.717, 1.165) is 21.8 Å². The zero-order valence-corrected chi connectivity index (χ0v) is 9.19. The first-order valence-corrected chi connectivity index (χ1v) is 4.94. The van der Waals surface area contributed by atoms with Crippen molar-refractivity contribution in [3.8, 4) is 5.69 Å². The van der Waals surface area contributed by atoms with E-state index in [9.17, 15) is 5.21 Å². The molecule has 0 unspecified atom stereocenters. The fourth-order valence-electron chi connectivity index (χ4n) is 1.58. The van der Waals surface area contributed by atoms with Crippen molar-refractivity contribution in [1.82, 2.24) is 4.57 Å². The summed E-state index contributed by atoms with van der Waals surface area (Å²) in [6.07, 6.45) is 1.56. The summed E-state index contributed by atoms with van der Waals surface area (Å²) in [5.74, 6) is 0. The van der Waals surface area contributed by atoms with Crippen LogP contribution in [0.1, 0.15) is 17.0 Å². The van der Waals surface area contributed by atoms with E-state index in [4.69, 9.17) is 0 Å². The predicted molar refractivity (Wildman–Crippen MR) is 58.9 cm³/mol. The minimum atomic E-state index is 0.746. The molecule has 0 saturated carbocycles. The number of aromatic nitrogens is 2. The van der Waals surface area contributed by atoms with E-state index in [2.05, 4.69) is 0 Å². The number of rotatable bonds is 1. The lowest BCUT2D eigenvalue weighted by Gasteiger charge is -1.98. The van der Waals surface area contributed by atoms with Gasteiger partial charge in [-0.25, -0.2) is 4.73 Å². The molecule has 0 bridgehead atoms. The van der Waals surface area contributed by atoms with Crippen molar-refractivity contribution >= 4 is 0 Å². The summed E-state index contributed by atoms with van der Waals surface area (Å²) in [7, 11) is 0. The van der Waals surface area contributed by atoms with Crippen molar-refractivity contribution in [1.29, 1.82) is 0 Å². The van der Waals surface area contributed by atoms with Crippen LogP contribution in [0.4, 0.5) is 0 Å². The van der Waals surface area contributed by atoms with Crippen LogP contribution in [-0.4, -0.2) is 4.57 Å². The fraction of sp³-hybridized carbons (Fsp3) is 0.250. The standard InChI is InChI=1S/C12H14N2O/c1-9-4-6-12(7-5-9)13-8-14(15)11(3)10(13)2/h4-8H,1-3H3. The van der Waals surface area contributed by atoms with Gasteiger partial charge in [0, 0.05) is 13.8 Å². The lowest BCUT2D eigenvalue weighted by molar-refractivity contribution is -0.611. The van der Waals surface area contributed by atoms with Crippen molar-refractivity contribution in [3.05, 3.63) is 52.8 Å². The Balaban J connectivity index is 2.54. The topological polar surface area (TPSA) is 31.9 Å². The first-order chi connectivity index (χ1) is 7.09.